The average Bonchev–Trinajstić information content (AvgIpc) is 3.18. The molecule has 2 amide bonds. The Hall–Kier alpha value is -3.11. The number of urea groups is 1. The summed E-state index contributed by atoms with van der Waals surface area (Å²) in [5, 5.41) is 8.04. The molecule has 1 aromatic heterocycles. The number of carbonyl (C=O) groups is 1. The molecule has 0 saturated carbocycles. The Kier molecular flexibility index (Phi) is 6.58. The van der Waals surface area contributed by atoms with Gasteiger partial charge in [0, 0.05) is 30.1 Å². The summed E-state index contributed by atoms with van der Waals surface area (Å²) >= 11 is 0. The van der Waals surface area contributed by atoms with Crippen LogP contribution in [0.4, 0.5) is 14.9 Å². The van der Waals surface area contributed by atoms with Gasteiger partial charge in [-0.1, -0.05) is 12.1 Å². The molecule has 1 heterocycles. The number of hydrogen-bond donors (Lipinski definition) is 3. The van der Waals surface area contributed by atoms with Crippen molar-refractivity contribution < 1.29 is 13.4 Å². The van der Waals surface area contributed by atoms with Crippen LogP contribution < -0.4 is 16.2 Å². The number of allylic oxidation sites excluding steroid dienone is 1. The predicted octanol–water partition coefficient (Wildman–Crippen LogP) is 3.14. The quantitative estimate of drug-likeness (QED) is 0.628. The van der Waals surface area contributed by atoms with E-state index in [4.69, 9.17) is 10.9 Å². The van der Waals surface area contributed by atoms with Gasteiger partial charge < -0.3 is 11.1 Å². The third kappa shape index (κ3) is 4.71. The number of aryl methyl sites for hydroxylation is 1. The second-order valence-corrected chi connectivity index (χ2v) is 8.43. The second kappa shape index (κ2) is 9.14. The molecule has 0 aliphatic heterocycles. The van der Waals surface area contributed by atoms with Gasteiger partial charge in [-0.3, -0.25) is 9.98 Å². The molecule has 1 aromatic carbocycles. The fourth-order valence-corrected chi connectivity index (χ4v) is 3.92. The molecule has 10 heteroatoms. The van der Waals surface area contributed by atoms with Crippen LogP contribution in [0.2, 0.25) is 0 Å². The number of nitrogens with zero attached hydrogens (tertiary/aromatic N) is 3. The highest BCUT2D eigenvalue weighted by Gasteiger charge is 2.22. The summed E-state index contributed by atoms with van der Waals surface area (Å²) in [6.45, 7) is 2.33. The van der Waals surface area contributed by atoms with Crippen molar-refractivity contribution >= 4 is 27.8 Å². The lowest BCUT2D eigenvalue weighted by Crippen LogP contribution is -2.24. The molecule has 2 aromatic rings. The van der Waals surface area contributed by atoms with E-state index in [0.717, 1.165) is 36.6 Å². The topological polar surface area (TPSA) is 136 Å². The van der Waals surface area contributed by atoms with Crippen LogP contribution in [0.5, 0.6) is 0 Å². The fourth-order valence-electron chi connectivity index (χ4n) is 3.26. The highest BCUT2D eigenvalue weighted by Crippen LogP contribution is 2.38. The van der Waals surface area contributed by atoms with E-state index in [-0.39, 0.29) is 5.03 Å². The molecule has 158 valence electrons. The Bertz CT molecular complexity index is 1150. The van der Waals surface area contributed by atoms with Gasteiger partial charge in [0.05, 0.1) is 11.9 Å². The molecular weight excluding hydrogens is 407 g/mol. The standard InChI is InChI=1S/C20H23FN6O2S/c1-2-24-11-9-18(22)30(23,29)27-20(28)26-19-14-5-3-4-13(14)6-7-16(19)15-8-10-25-12-17(15)21/h6-12H,2-5,22H2,1H3,(H3,23,26,27,28,29). The summed E-state index contributed by atoms with van der Waals surface area (Å²) in [6, 6.07) is 4.26. The molecular formula is C20H23FN6O2S. The Balaban J connectivity index is 2.00. The molecule has 0 bridgehead atoms. The fraction of sp³-hybridized carbons (Fsp3) is 0.250. The Morgan fingerprint density at radius 1 is 1.33 bits per heavy atom. The molecule has 1 aliphatic rings. The van der Waals surface area contributed by atoms with Gasteiger partial charge in [-0.25, -0.2) is 18.5 Å². The largest absolute Gasteiger partial charge is 0.390 e. The zero-order chi connectivity index (χ0) is 21.7. The molecule has 1 unspecified atom stereocenters. The van der Waals surface area contributed by atoms with E-state index in [1.165, 1.54) is 24.6 Å². The highest BCUT2D eigenvalue weighted by atomic mass is 32.2. The van der Waals surface area contributed by atoms with E-state index in [0.29, 0.717) is 23.4 Å². The van der Waals surface area contributed by atoms with Crippen molar-refractivity contribution in [2.45, 2.75) is 26.2 Å². The van der Waals surface area contributed by atoms with Gasteiger partial charge >= 0.3 is 6.03 Å². The first-order valence-electron chi connectivity index (χ1n) is 9.39. The lowest BCUT2D eigenvalue weighted by atomic mass is 9.97. The lowest BCUT2D eigenvalue weighted by Gasteiger charge is -2.15. The summed E-state index contributed by atoms with van der Waals surface area (Å²) in [7, 11) is -3.63. The molecule has 3 rings (SSSR count). The van der Waals surface area contributed by atoms with E-state index in [1.807, 2.05) is 13.0 Å². The summed E-state index contributed by atoms with van der Waals surface area (Å²) in [6.07, 6.45) is 7.67. The number of halogens is 1. The maximum absolute atomic E-state index is 14.4. The Labute approximate surface area is 174 Å². The van der Waals surface area contributed by atoms with E-state index in [9.17, 15) is 13.4 Å². The zero-order valence-corrected chi connectivity index (χ0v) is 17.3. The first-order valence-corrected chi connectivity index (χ1v) is 11.0. The molecule has 5 N–H and O–H groups in total. The number of carbonyl (C=O) groups excluding carboxylic acids is 1. The van der Waals surface area contributed by atoms with E-state index in [2.05, 4.69) is 19.7 Å². The number of fused-ring (bicyclic) bond motifs is 1. The number of nitrogens with two attached hydrogens (primary N) is 2. The first kappa shape index (κ1) is 21.6. The van der Waals surface area contributed by atoms with Gasteiger partial charge in [-0.2, -0.15) is 0 Å². The van der Waals surface area contributed by atoms with Crippen molar-refractivity contribution in [3.05, 3.63) is 58.6 Å². The first-order chi connectivity index (χ1) is 14.3. The minimum atomic E-state index is -3.63. The summed E-state index contributed by atoms with van der Waals surface area (Å²) in [4.78, 5) is 20.3. The van der Waals surface area contributed by atoms with E-state index in [1.54, 1.807) is 6.07 Å². The van der Waals surface area contributed by atoms with Gasteiger partial charge in [-0.15, -0.1) is 4.36 Å². The average molecular weight is 431 g/mol. The van der Waals surface area contributed by atoms with Crippen LogP contribution in [-0.2, 0) is 22.8 Å². The maximum atomic E-state index is 14.4. The molecule has 0 spiro atoms. The number of aliphatic imine (C=N–C) groups is 1. The number of hydrogen-bond acceptors (Lipinski definition) is 5. The number of benzene rings is 1. The van der Waals surface area contributed by atoms with Crippen LogP contribution in [0.1, 0.15) is 24.5 Å². The molecule has 1 atom stereocenters. The molecule has 30 heavy (non-hydrogen) atoms. The van der Waals surface area contributed by atoms with E-state index >= 15 is 0 Å². The number of nitrogens with one attached hydrogen (secondary N) is 1. The summed E-state index contributed by atoms with van der Waals surface area (Å²) < 4.78 is 30.5. The smallest absolute Gasteiger partial charge is 0.354 e. The molecule has 1 aliphatic carbocycles. The predicted molar refractivity (Wildman–Crippen MR) is 117 cm³/mol. The monoisotopic (exact) mass is 430 g/mol. The van der Waals surface area contributed by atoms with Crippen LogP contribution in [0.25, 0.3) is 11.1 Å². The van der Waals surface area contributed by atoms with Gasteiger partial charge in [0.2, 0.25) is 0 Å². The van der Waals surface area contributed by atoms with Gasteiger partial charge in [-0.05, 0) is 49.5 Å². The van der Waals surface area contributed by atoms with Crippen molar-refractivity contribution in [1.29, 1.82) is 0 Å². The van der Waals surface area contributed by atoms with E-state index < -0.39 is 21.8 Å². The van der Waals surface area contributed by atoms with Gasteiger partial charge in [0.25, 0.3) is 0 Å². The molecule has 0 radical (unpaired) electrons. The van der Waals surface area contributed by atoms with Crippen LogP contribution in [-0.4, -0.2) is 28.0 Å². The minimum absolute atomic E-state index is 0.270. The normalized spacial score (nSPS) is 15.6. The molecule has 0 saturated heterocycles. The summed E-state index contributed by atoms with van der Waals surface area (Å²) in [5.41, 5.74) is 8.87. The number of aromatic nitrogens is 1. The van der Waals surface area contributed by atoms with Crippen LogP contribution in [0.3, 0.4) is 0 Å². The SMILES string of the molecule is CCN=CC=C(N)S(N)(=O)=NC(=O)Nc1c(-c2ccncc2F)ccc2c1CCC2. The van der Waals surface area contributed by atoms with Crippen LogP contribution >= 0.6 is 0 Å². The third-order valence-corrected chi connectivity index (χ3v) is 5.91. The Morgan fingerprint density at radius 3 is 2.87 bits per heavy atom. The van der Waals surface area contributed by atoms with Crippen molar-refractivity contribution in [2.75, 3.05) is 11.9 Å². The molecule has 8 nitrogen and oxygen atoms in total. The van der Waals surface area contributed by atoms with Gasteiger partial charge in [0.15, 0.2) is 9.92 Å². The van der Waals surface area contributed by atoms with Crippen LogP contribution in [0.15, 0.2) is 51.1 Å². The number of rotatable bonds is 5. The molecule has 0 fully saturated rings. The summed E-state index contributed by atoms with van der Waals surface area (Å²) in [5.74, 6) is -0.520. The maximum Gasteiger partial charge on any atom is 0.354 e. The lowest BCUT2D eigenvalue weighted by molar-refractivity contribution is 0.260. The number of anilines is 1. The number of amides is 2. The number of pyridine rings is 1. The van der Waals surface area contributed by atoms with Gasteiger partial charge in [0.1, 0.15) is 10.8 Å². The Morgan fingerprint density at radius 2 is 2.13 bits per heavy atom. The zero-order valence-electron chi connectivity index (χ0n) is 16.5. The van der Waals surface area contributed by atoms with Crippen molar-refractivity contribution in [3.63, 3.8) is 0 Å². The van der Waals surface area contributed by atoms with Crippen molar-refractivity contribution in [2.24, 2.45) is 20.2 Å². The van der Waals surface area contributed by atoms with Crippen molar-refractivity contribution in [1.82, 2.24) is 4.98 Å². The van der Waals surface area contributed by atoms with Crippen LogP contribution in [0, 0.1) is 5.82 Å². The third-order valence-electron chi connectivity index (χ3n) is 4.66. The highest BCUT2D eigenvalue weighted by molar-refractivity contribution is 7.95. The van der Waals surface area contributed by atoms with Crippen molar-refractivity contribution in [3.8, 4) is 11.1 Å². The minimum Gasteiger partial charge on any atom is -0.390 e. The second-order valence-electron chi connectivity index (χ2n) is 6.64.